The number of halogens is 1. The number of hydrogen-bond donors (Lipinski definition) is 1. The van der Waals surface area contributed by atoms with Crippen molar-refractivity contribution in [1.29, 1.82) is 0 Å². The summed E-state index contributed by atoms with van der Waals surface area (Å²) in [6.45, 7) is 7.26. The summed E-state index contributed by atoms with van der Waals surface area (Å²) in [5.41, 5.74) is 2.49. The van der Waals surface area contributed by atoms with Gasteiger partial charge < -0.3 is 15.0 Å². The third-order valence-corrected chi connectivity index (χ3v) is 6.98. The van der Waals surface area contributed by atoms with E-state index >= 15 is 0 Å². The van der Waals surface area contributed by atoms with Gasteiger partial charge in [0.25, 0.3) is 5.91 Å². The number of nitrogens with one attached hydrogen (secondary N) is 1. The molecule has 2 aromatic carbocycles. The van der Waals surface area contributed by atoms with Crippen molar-refractivity contribution in [2.75, 3.05) is 45.9 Å². The topological polar surface area (TPSA) is 82.2 Å². The Kier molecular flexibility index (Phi) is 8.84. The van der Waals surface area contributed by atoms with Crippen LogP contribution in [-0.4, -0.2) is 78.5 Å². The molecule has 1 unspecified atom stereocenters. The van der Waals surface area contributed by atoms with Gasteiger partial charge >= 0.3 is 12.0 Å². The van der Waals surface area contributed by atoms with Gasteiger partial charge in [-0.2, -0.15) is 0 Å². The number of ether oxygens (including phenoxy) is 1. The van der Waals surface area contributed by atoms with Crippen molar-refractivity contribution >= 4 is 29.5 Å². The Labute approximate surface area is 222 Å². The zero-order valence-corrected chi connectivity index (χ0v) is 22.0. The second kappa shape index (κ2) is 12.3. The lowest BCUT2D eigenvalue weighted by atomic mass is 9.94. The van der Waals surface area contributed by atoms with E-state index in [1.54, 1.807) is 24.0 Å². The molecule has 0 spiro atoms. The van der Waals surface area contributed by atoms with Crippen molar-refractivity contribution in [3.05, 3.63) is 82.0 Å². The highest BCUT2D eigenvalue weighted by molar-refractivity contribution is 6.30. The van der Waals surface area contributed by atoms with Crippen molar-refractivity contribution in [2.24, 2.45) is 0 Å². The average Bonchev–Trinajstić information content (AvgIpc) is 3.15. The van der Waals surface area contributed by atoms with Crippen LogP contribution in [0, 0.1) is 0 Å². The quantitative estimate of drug-likeness (QED) is 0.552. The van der Waals surface area contributed by atoms with Crippen molar-refractivity contribution in [2.45, 2.75) is 26.3 Å². The first-order chi connectivity index (χ1) is 17.9. The van der Waals surface area contributed by atoms with Crippen LogP contribution in [0.2, 0.25) is 5.02 Å². The van der Waals surface area contributed by atoms with Crippen LogP contribution in [0.1, 0.15) is 42.2 Å². The summed E-state index contributed by atoms with van der Waals surface area (Å²) in [6, 6.07) is 15.5. The Bertz CT molecular complexity index is 1150. The van der Waals surface area contributed by atoms with Crippen LogP contribution < -0.4 is 5.32 Å². The van der Waals surface area contributed by atoms with Crippen LogP contribution in [0.3, 0.4) is 0 Å². The SMILES string of the molecule is CCOC(=O)C1=C(CN2CCCN(C(=O)c3ccccc3)CC2)N(CC)C(=O)NC1c1ccc(Cl)cc1. The Hall–Kier alpha value is -3.36. The van der Waals surface area contributed by atoms with E-state index in [0.29, 0.717) is 54.6 Å². The van der Waals surface area contributed by atoms with Crippen LogP contribution in [0.4, 0.5) is 4.79 Å². The third-order valence-electron chi connectivity index (χ3n) is 6.72. The predicted molar refractivity (Wildman–Crippen MR) is 142 cm³/mol. The van der Waals surface area contributed by atoms with Crippen molar-refractivity contribution in [3.8, 4) is 0 Å². The first kappa shape index (κ1) is 26.7. The molecular weight excluding hydrogens is 492 g/mol. The molecule has 0 bridgehead atoms. The molecule has 0 aromatic heterocycles. The molecule has 0 radical (unpaired) electrons. The number of esters is 1. The molecule has 1 atom stereocenters. The maximum Gasteiger partial charge on any atom is 0.338 e. The molecule has 1 fully saturated rings. The number of likely N-dealkylation sites (N-methyl/N-ethyl adjacent to an activating group) is 1. The number of hydrogen-bond acceptors (Lipinski definition) is 5. The zero-order chi connectivity index (χ0) is 26.4. The Morgan fingerprint density at radius 3 is 2.41 bits per heavy atom. The van der Waals surface area contributed by atoms with E-state index < -0.39 is 12.0 Å². The highest BCUT2D eigenvalue weighted by Crippen LogP contribution is 2.32. The zero-order valence-electron chi connectivity index (χ0n) is 21.3. The maximum atomic E-state index is 13.3. The summed E-state index contributed by atoms with van der Waals surface area (Å²) in [5.74, 6) is -0.435. The Balaban J connectivity index is 1.62. The molecule has 0 saturated carbocycles. The smallest absolute Gasteiger partial charge is 0.338 e. The second-order valence-electron chi connectivity index (χ2n) is 9.05. The number of urea groups is 1. The van der Waals surface area contributed by atoms with E-state index in [1.165, 1.54) is 0 Å². The molecule has 196 valence electrons. The van der Waals surface area contributed by atoms with Crippen LogP contribution >= 0.6 is 11.6 Å². The Morgan fingerprint density at radius 1 is 1.00 bits per heavy atom. The number of nitrogens with zero attached hydrogens (tertiary/aromatic N) is 3. The largest absolute Gasteiger partial charge is 0.463 e. The normalized spacial score (nSPS) is 18.9. The van der Waals surface area contributed by atoms with Crippen LogP contribution in [0.25, 0.3) is 0 Å². The molecule has 4 rings (SSSR count). The van der Waals surface area contributed by atoms with Gasteiger partial charge in [-0.1, -0.05) is 41.9 Å². The lowest BCUT2D eigenvalue weighted by Gasteiger charge is -2.38. The minimum absolute atomic E-state index is 0.0175. The molecule has 3 amide bonds. The van der Waals surface area contributed by atoms with Crippen LogP contribution in [0.15, 0.2) is 65.9 Å². The van der Waals surface area contributed by atoms with Crippen LogP contribution in [0.5, 0.6) is 0 Å². The van der Waals surface area contributed by atoms with Gasteiger partial charge in [-0.15, -0.1) is 0 Å². The molecule has 37 heavy (non-hydrogen) atoms. The van der Waals surface area contributed by atoms with E-state index in [9.17, 15) is 14.4 Å². The maximum absolute atomic E-state index is 13.3. The fraction of sp³-hybridized carbons (Fsp3) is 0.393. The fourth-order valence-electron chi connectivity index (χ4n) is 4.87. The fourth-order valence-corrected chi connectivity index (χ4v) is 5.00. The van der Waals surface area contributed by atoms with Gasteiger partial charge in [0, 0.05) is 55.6 Å². The van der Waals surface area contributed by atoms with E-state index in [2.05, 4.69) is 10.2 Å². The van der Waals surface area contributed by atoms with E-state index in [1.807, 2.05) is 54.3 Å². The summed E-state index contributed by atoms with van der Waals surface area (Å²) in [6.07, 6.45) is 0.791. The van der Waals surface area contributed by atoms with E-state index in [-0.39, 0.29) is 18.5 Å². The van der Waals surface area contributed by atoms with Gasteiger partial charge in [0.2, 0.25) is 0 Å². The van der Waals surface area contributed by atoms with Crippen molar-refractivity contribution in [3.63, 3.8) is 0 Å². The lowest BCUT2D eigenvalue weighted by molar-refractivity contribution is -0.139. The number of carbonyl (C=O) groups is 3. The van der Waals surface area contributed by atoms with Gasteiger partial charge in [-0.3, -0.25) is 14.6 Å². The van der Waals surface area contributed by atoms with E-state index in [0.717, 1.165) is 18.5 Å². The minimum Gasteiger partial charge on any atom is -0.463 e. The number of carbonyl (C=O) groups excluding carboxylic acids is 3. The molecular formula is C28H33ClN4O4. The van der Waals surface area contributed by atoms with Gasteiger partial charge in [0.05, 0.1) is 18.2 Å². The molecule has 2 aromatic rings. The van der Waals surface area contributed by atoms with E-state index in [4.69, 9.17) is 16.3 Å². The third kappa shape index (κ3) is 6.14. The summed E-state index contributed by atoms with van der Waals surface area (Å²) >= 11 is 6.09. The molecule has 2 heterocycles. The van der Waals surface area contributed by atoms with Gasteiger partial charge in [-0.05, 0) is 50.1 Å². The molecule has 1 N–H and O–H groups in total. The van der Waals surface area contributed by atoms with Gasteiger partial charge in [0.15, 0.2) is 0 Å². The molecule has 2 aliphatic rings. The number of amides is 3. The first-order valence-corrected chi connectivity index (χ1v) is 13.1. The van der Waals surface area contributed by atoms with Crippen molar-refractivity contribution < 1.29 is 19.1 Å². The second-order valence-corrected chi connectivity index (χ2v) is 9.48. The number of benzene rings is 2. The molecule has 0 aliphatic carbocycles. The first-order valence-electron chi connectivity index (χ1n) is 12.7. The molecule has 1 saturated heterocycles. The lowest BCUT2D eigenvalue weighted by Crippen LogP contribution is -2.51. The van der Waals surface area contributed by atoms with Gasteiger partial charge in [-0.25, -0.2) is 9.59 Å². The summed E-state index contributed by atoms with van der Waals surface area (Å²) < 4.78 is 5.45. The average molecular weight is 525 g/mol. The molecule has 8 nitrogen and oxygen atoms in total. The molecule has 9 heteroatoms. The monoisotopic (exact) mass is 524 g/mol. The number of rotatable bonds is 7. The van der Waals surface area contributed by atoms with Crippen LogP contribution in [-0.2, 0) is 9.53 Å². The van der Waals surface area contributed by atoms with Gasteiger partial charge in [0.1, 0.15) is 0 Å². The summed E-state index contributed by atoms with van der Waals surface area (Å²) in [4.78, 5) is 45.1. The molecule has 2 aliphatic heterocycles. The Morgan fingerprint density at radius 2 is 1.73 bits per heavy atom. The predicted octanol–water partition coefficient (Wildman–Crippen LogP) is 4.09. The standard InChI is InChI=1S/C28H33ClN4O4/c1-3-33-23(19-31-15-8-16-32(18-17-31)26(34)21-9-6-5-7-10-21)24(27(35)37-4-2)25(30-28(33)36)20-11-13-22(29)14-12-20/h5-7,9-14,25H,3-4,8,15-19H2,1-2H3,(H,30,36). The van der Waals surface area contributed by atoms with Crippen molar-refractivity contribution in [1.82, 2.24) is 20.0 Å². The highest BCUT2D eigenvalue weighted by Gasteiger charge is 2.38. The minimum atomic E-state index is -0.648. The summed E-state index contributed by atoms with van der Waals surface area (Å²) in [5, 5.41) is 3.55. The summed E-state index contributed by atoms with van der Waals surface area (Å²) in [7, 11) is 0. The highest BCUT2D eigenvalue weighted by atomic mass is 35.5.